The van der Waals surface area contributed by atoms with Crippen molar-refractivity contribution in [1.82, 2.24) is 15.0 Å². The molecule has 2 atom stereocenters. The number of nitrogens with one attached hydrogen (secondary N) is 1. The van der Waals surface area contributed by atoms with Crippen molar-refractivity contribution in [1.29, 1.82) is 5.26 Å². The topological polar surface area (TPSA) is 124 Å². The van der Waals surface area contributed by atoms with Gasteiger partial charge in [-0.05, 0) is 37.6 Å². The van der Waals surface area contributed by atoms with E-state index in [2.05, 4.69) is 20.3 Å². The van der Waals surface area contributed by atoms with Gasteiger partial charge in [0.2, 0.25) is 0 Å². The van der Waals surface area contributed by atoms with Crippen molar-refractivity contribution in [2.75, 3.05) is 30.4 Å². The monoisotopic (exact) mass is 502 g/mol. The number of carbonyl (C=O) groups is 1. The molecule has 0 amide bonds. The normalized spacial score (nSPS) is 17.9. The van der Waals surface area contributed by atoms with Gasteiger partial charge in [0.05, 0.1) is 35.9 Å². The zero-order valence-corrected chi connectivity index (χ0v) is 19.8. The van der Waals surface area contributed by atoms with E-state index in [9.17, 15) is 23.9 Å². The Balaban J connectivity index is 1.80. The van der Waals surface area contributed by atoms with Crippen LogP contribution in [0.3, 0.4) is 0 Å². The highest BCUT2D eigenvalue weighted by Gasteiger charge is 2.49. The number of carboxylic acid groups (broad SMARTS) is 1. The van der Waals surface area contributed by atoms with Crippen LogP contribution in [0.1, 0.15) is 40.3 Å². The molecule has 3 heterocycles. The highest BCUT2D eigenvalue weighted by atomic mass is 35.5. The Morgan fingerprint density at radius 1 is 1.37 bits per heavy atom. The van der Waals surface area contributed by atoms with Crippen molar-refractivity contribution in [2.45, 2.75) is 31.9 Å². The zero-order valence-electron chi connectivity index (χ0n) is 19.0. The number of halogens is 3. The number of aromatic carboxylic acids is 1. The molecule has 1 aromatic carbocycles. The summed E-state index contributed by atoms with van der Waals surface area (Å²) in [5.41, 5.74) is 2.20. The number of rotatable bonds is 6. The fourth-order valence-electron chi connectivity index (χ4n) is 4.14. The molecule has 2 N–H and O–H groups in total. The van der Waals surface area contributed by atoms with E-state index in [1.165, 1.54) is 24.1 Å². The second-order valence-electron chi connectivity index (χ2n) is 8.30. The molecule has 0 radical (unpaired) electrons. The molecule has 3 aromatic rings. The summed E-state index contributed by atoms with van der Waals surface area (Å²) < 4.78 is 33.6. The average molecular weight is 503 g/mol. The van der Waals surface area contributed by atoms with E-state index < -0.39 is 30.6 Å². The van der Waals surface area contributed by atoms with Crippen molar-refractivity contribution >= 4 is 40.1 Å². The van der Waals surface area contributed by atoms with E-state index in [-0.39, 0.29) is 34.6 Å². The third kappa shape index (κ3) is 4.67. The lowest BCUT2D eigenvalue weighted by Gasteiger charge is -2.21. The summed E-state index contributed by atoms with van der Waals surface area (Å²) in [6, 6.07) is 8.03. The number of aromatic nitrogens is 3. The third-order valence-electron chi connectivity index (χ3n) is 5.78. The number of ether oxygens (including phenoxy) is 1. The zero-order chi connectivity index (χ0) is 25.5. The highest BCUT2D eigenvalue weighted by molar-refractivity contribution is 6.29. The first kappa shape index (κ1) is 24.5. The molecular formula is C23H21ClF2N6O3. The summed E-state index contributed by atoms with van der Waals surface area (Å²) in [5.74, 6) is -4.33. The van der Waals surface area contributed by atoms with Crippen LogP contribution in [-0.2, 0) is 4.74 Å². The molecule has 0 bridgehead atoms. The maximum absolute atomic E-state index is 14.4. The number of carboxylic acids is 1. The maximum Gasteiger partial charge on any atom is 0.356 e. The van der Waals surface area contributed by atoms with Crippen molar-refractivity contribution in [3.63, 3.8) is 0 Å². The lowest BCUT2D eigenvalue weighted by atomic mass is 10.0. The predicted molar refractivity (Wildman–Crippen MR) is 125 cm³/mol. The van der Waals surface area contributed by atoms with Gasteiger partial charge in [-0.2, -0.15) is 5.26 Å². The van der Waals surface area contributed by atoms with Crippen LogP contribution in [0.15, 0.2) is 24.3 Å². The van der Waals surface area contributed by atoms with Gasteiger partial charge >= 0.3 is 5.97 Å². The van der Waals surface area contributed by atoms with Crippen LogP contribution in [0.2, 0.25) is 5.15 Å². The lowest BCUT2D eigenvalue weighted by Crippen LogP contribution is -2.33. The number of fused-ring (bicyclic) bond motifs is 1. The molecule has 0 aliphatic carbocycles. The van der Waals surface area contributed by atoms with E-state index in [0.717, 1.165) is 5.56 Å². The standard InChI is InChI=1S/C23H21ClF2N6O3/c1-11-6-13(12(2)28-14-4-5-18(24)30-20(14)22(33)34)19-15(7-11)29-16(8-27)21(31-19)32-9-17(35-3)23(25,26)10-32/h4-7,12,17,28H,9-10H2,1-3H3,(H,33,34)/t12-,17+/m1/s1. The maximum atomic E-state index is 14.4. The number of methoxy groups -OCH3 is 1. The summed E-state index contributed by atoms with van der Waals surface area (Å²) in [7, 11) is 1.21. The van der Waals surface area contributed by atoms with Crippen LogP contribution in [0, 0.1) is 18.3 Å². The van der Waals surface area contributed by atoms with Crippen LogP contribution in [0.4, 0.5) is 20.3 Å². The molecular weight excluding hydrogens is 482 g/mol. The Morgan fingerprint density at radius 3 is 2.74 bits per heavy atom. The van der Waals surface area contributed by atoms with E-state index in [0.29, 0.717) is 16.6 Å². The van der Waals surface area contributed by atoms with Gasteiger partial charge in [-0.1, -0.05) is 17.7 Å². The Labute approximate surface area is 204 Å². The van der Waals surface area contributed by atoms with Gasteiger partial charge in [0.15, 0.2) is 17.2 Å². The second-order valence-corrected chi connectivity index (χ2v) is 8.68. The largest absolute Gasteiger partial charge is 0.476 e. The number of hydrogen-bond acceptors (Lipinski definition) is 8. The van der Waals surface area contributed by atoms with Gasteiger partial charge in [-0.15, -0.1) is 0 Å². The van der Waals surface area contributed by atoms with Gasteiger partial charge in [0.25, 0.3) is 5.92 Å². The predicted octanol–water partition coefficient (Wildman–Crippen LogP) is 4.20. The van der Waals surface area contributed by atoms with Crippen molar-refractivity contribution in [3.8, 4) is 6.07 Å². The minimum absolute atomic E-state index is 0.0379. The SMILES string of the molecule is CO[C@H]1CN(c2nc3c([C@@H](C)Nc4ccc(Cl)nc4C(=O)O)cc(C)cc3nc2C#N)CC1(F)F. The number of pyridine rings is 1. The number of nitriles is 1. The molecule has 1 aliphatic heterocycles. The van der Waals surface area contributed by atoms with E-state index >= 15 is 0 Å². The Kier molecular flexibility index (Phi) is 6.44. The average Bonchev–Trinajstić information content (AvgIpc) is 3.12. The molecule has 9 nitrogen and oxygen atoms in total. The third-order valence-corrected chi connectivity index (χ3v) is 5.99. The van der Waals surface area contributed by atoms with Gasteiger partial charge in [-0.25, -0.2) is 28.5 Å². The number of aryl methyl sites for hydroxylation is 1. The molecule has 1 fully saturated rings. The number of anilines is 2. The fourth-order valence-corrected chi connectivity index (χ4v) is 4.29. The van der Waals surface area contributed by atoms with Gasteiger partial charge in [0.1, 0.15) is 17.3 Å². The molecule has 4 rings (SSSR count). The minimum Gasteiger partial charge on any atom is -0.476 e. The van der Waals surface area contributed by atoms with Crippen molar-refractivity contribution in [2.24, 2.45) is 0 Å². The first-order chi connectivity index (χ1) is 16.5. The van der Waals surface area contributed by atoms with Gasteiger partial charge < -0.3 is 20.1 Å². The summed E-state index contributed by atoms with van der Waals surface area (Å²) in [6.45, 7) is 2.83. The molecule has 35 heavy (non-hydrogen) atoms. The molecule has 1 aliphatic rings. The molecule has 0 saturated carbocycles. The molecule has 0 spiro atoms. The van der Waals surface area contributed by atoms with E-state index in [1.54, 1.807) is 13.0 Å². The Hall–Kier alpha value is -3.62. The smallest absolute Gasteiger partial charge is 0.356 e. The van der Waals surface area contributed by atoms with Crippen LogP contribution < -0.4 is 10.2 Å². The lowest BCUT2D eigenvalue weighted by molar-refractivity contribution is -0.0889. The highest BCUT2D eigenvalue weighted by Crippen LogP contribution is 2.35. The number of nitrogens with zero attached hydrogens (tertiary/aromatic N) is 5. The van der Waals surface area contributed by atoms with Crippen LogP contribution in [0.25, 0.3) is 11.0 Å². The van der Waals surface area contributed by atoms with Crippen molar-refractivity contribution < 1.29 is 23.4 Å². The first-order valence-electron chi connectivity index (χ1n) is 10.6. The van der Waals surface area contributed by atoms with E-state index in [1.807, 2.05) is 19.1 Å². The first-order valence-corrected chi connectivity index (χ1v) is 11.0. The van der Waals surface area contributed by atoms with Crippen LogP contribution in [-0.4, -0.2) is 58.3 Å². The minimum atomic E-state index is -3.11. The molecule has 1 saturated heterocycles. The summed E-state index contributed by atoms with van der Waals surface area (Å²) in [4.78, 5) is 25.8. The summed E-state index contributed by atoms with van der Waals surface area (Å²) in [6.07, 6.45) is -1.34. The van der Waals surface area contributed by atoms with Gasteiger partial charge in [0, 0.05) is 12.7 Å². The van der Waals surface area contributed by atoms with E-state index in [4.69, 9.17) is 16.3 Å². The Morgan fingerprint density at radius 2 is 2.11 bits per heavy atom. The van der Waals surface area contributed by atoms with Crippen LogP contribution in [0.5, 0.6) is 0 Å². The number of alkyl halides is 2. The molecule has 12 heteroatoms. The quantitative estimate of drug-likeness (QED) is 0.477. The molecule has 2 aromatic heterocycles. The van der Waals surface area contributed by atoms with Gasteiger partial charge in [-0.3, -0.25) is 0 Å². The van der Waals surface area contributed by atoms with Crippen LogP contribution >= 0.6 is 11.6 Å². The fraction of sp³-hybridized carbons (Fsp3) is 0.348. The molecule has 182 valence electrons. The number of benzene rings is 1. The summed E-state index contributed by atoms with van der Waals surface area (Å²) in [5, 5.41) is 22.3. The van der Waals surface area contributed by atoms with Crippen molar-refractivity contribution in [3.05, 3.63) is 51.9 Å². The summed E-state index contributed by atoms with van der Waals surface area (Å²) >= 11 is 5.85. The molecule has 0 unspecified atom stereocenters. The Bertz CT molecular complexity index is 1360. The second kappa shape index (κ2) is 9.20. The number of hydrogen-bond donors (Lipinski definition) is 2.